The van der Waals surface area contributed by atoms with Crippen molar-refractivity contribution in [3.63, 3.8) is 0 Å². The zero-order chi connectivity index (χ0) is 11.2. The van der Waals surface area contributed by atoms with Crippen LogP contribution in [0.3, 0.4) is 0 Å². The van der Waals surface area contributed by atoms with Gasteiger partial charge in [-0.15, -0.1) is 0 Å². The van der Waals surface area contributed by atoms with Crippen molar-refractivity contribution in [1.82, 2.24) is 10.5 Å². The van der Waals surface area contributed by atoms with Crippen molar-refractivity contribution >= 4 is 5.91 Å². The molecule has 1 aromatic rings. The molecule has 0 saturated carbocycles. The third-order valence-electron chi connectivity index (χ3n) is 2.68. The Hall–Kier alpha value is -1.36. The van der Waals surface area contributed by atoms with Gasteiger partial charge in [0.05, 0.1) is 12.7 Å². The SMILES string of the molecule is O=C(CC1CCCOC1)NCc1ccno1. The lowest BCUT2D eigenvalue weighted by molar-refractivity contribution is -0.123. The lowest BCUT2D eigenvalue weighted by Gasteiger charge is -2.21. The molecule has 0 aliphatic carbocycles. The number of carbonyl (C=O) groups is 1. The largest absolute Gasteiger partial charge is 0.381 e. The summed E-state index contributed by atoms with van der Waals surface area (Å²) in [6, 6.07) is 1.74. The number of rotatable bonds is 4. The van der Waals surface area contributed by atoms with E-state index in [1.807, 2.05) is 0 Å². The quantitative estimate of drug-likeness (QED) is 0.832. The fourth-order valence-electron chi connectivity index (χ4n) is 1.82. The van der Waals surface area contributed by atoms with Gasteiger partial charge in [-0.1, -0.05) is 5.16 Å². The molecular formula is C11H16N2O3. The zero-order valence-corrected chi connectivity index (χ0v) is 9.15. The lowest BCUT2D eigenvalue weighted by atomic mass is 9.98. The summed E-state index contributed by atoms with van der Waals surface area (Å²) in [6.45, 7) is 1.94. The van der Waals surface area contributed by atoms with E-state index in [0.29, 0.717) is 31.3 Å². The van der Waals surface area contributed by atoms with Gasteiger partial charge in [0.15, 0.2) is 5.76 Å². The first-order valence-corrected chi connectivity index (χ1v) is 5.58. The van der Waals surface area contributed by atoms with E-state index in [4.69, 9.17) is 9.26 Å². The van der Waals surface area contributed by atoms with Gasteiger partial charge in [0.25, 0.3) is 0 Å². The van der Waals surface area contributed by atoms with E-state index in [0.717, 1.165) is 19.4 Å². The number of aromatic nitrogens is 1. The van der Waals surface area contributed by atoms with Crippen LogP contribution in [0.15, 0.2) is 16.8 Å². The second kappa shape index (κ2) is 5.65. The Kier molecular flexibility index (Phi) is 3.93. The Balaban J connectivity index is 1.67. The first kappa shape index (κ1) is 11.1. The Morgan fingerprint density at radius 2 is 2.56 bits per heavy atom. The average Bonchev–Trinajstić information content (AvgIpc) is 2.81. The van der Waals surface area contributed by atoms with E-state index in [2.05, 4.69) is 10.5 Å². The molecule has 88 valence electrons. The highest BCUT2D eigenvalue weighted by molar-refractivity contribution is 5.76. The van der Waals surface area contributed by atoms with E-state index in [-0.39, 0.29) is 5.91 Å². The Bertz CT molecular complexity index is 318. The summed E-state index contributed by atoms with van der Waals surface area (Å²) in [6.07, 6.45) is 4.24. The van der Waals surface area contributed by atoms with Crippen LogP contribution in [0.25, 0.3) is 0 Å². The molecule has 5 heteroatoms. The van der Waals surface area contributed by atoms with Gasteiger partial charge in [0.1, 0.15) is 0 Å². The number of amides is 1. The first-order valence-electron chi connectivity index (χ1n) is 5.58. The van der Waals surface area contributed by atoms with Crippen LogP contribution < -0.4 is 5.32 Å². The van der Waals surface area contributed by atoms with Crippen molar-refractivity contribution in [3.05, 3.63) is 18.0 Å². The Morgan fingerprint density at radius 1 is 1.62 bits per heavy atom. The van der Waals surface area contributed by atoms with E-state index < -0.39 is 0 Å². The Morgan fingerprint density at radius 3 is 3.25 bits per heavy atom. The van der Waals surface area contributed by atoms with Gasteiger partial charge < -0.3 is 14.6 Å². The van der Waals surface area contributed by atoms with Gasteiger partial charge in [-0.05, 0) is 18.8 Å². The first-order chi connectivity index (χ1) is 7.84. The van der Waals surface area contributed by atoms with Crippen LogP contribution >= 0.6 is 0 Å². The van der Waals surface area contributed by atoms with Crippen LogP contribution in [0.2, 0.25) is 0 Å². The molecule has 1 fully saturated rings. The fourth-order valence-corrected chi connectivity index (χ4v) is 1.82. The minimum absolute atomic E-state index is 0.0481. The van der Waals surface area contributed by atoms with Gasteiger partial charge in [0.2, 0.25) is 5.91 Å². The minimum Gasteiger partial charge on any atom is -0.381 e. The number of ether oxygens (including phenoxy) is 1. The van der Waals surface area contributed by atoms with Crippen LogP contribution in [0.1, 0.15) is 25.0 Å². The molecule has 2 rings (SSSR count). The second-order valence-corrected chi connectivity index (χ2v) is 4.04. The van der Waals surface area contributed by atoms with Crippen molar-refractivity contribution in [1.29, 1.82) is 0 Å². The normalized spacial score (nSPS) is 20.6. The van der Waals surface area contributed by atoms with Gasteiger partial charge >= 0.3 is 0 Å². The summed E-state index contributed by atoms with van der Waals surface area (Å²) >= 11 is 0. The topological polar surface area (TPSA) is 64.4 Å². The highest BCUT2D eigenvalue weighted by Gasteiger charge is 2.17. The van der Waals surface area contributed by atoms with Gasteiger partial charge in [-0.3, -0.25) is 4.79 Å². The predicted octanol–water partition coefficient (Wildman–Crippen LogP) is 1.11. The summed E-state index contributed by atoms with van der Waals surface area (Å²) in [7, 11) is 0. The highest BCUT2D eigenvalue weighted by atomic mass is 16.5. The molecule has 0 spiro atoms. The van der Waals surface area contributed by atoms with E-state index in [1.165, 1.54) is 0 Å². The number of hydrogen-bond donors (Lipinski definition) is 1. The standard InChI is InChI=1S/C11H16N2O3/c14-11(6-9-2-1-5-15-8-9)12-7-10-3-4-13-16-10/h3-4,9H,1-2,5-8H2,(H,12,14). The summed E-state index contributed by atoms with van der Waals surface area (Å²) in [5.41, 5.74) is 0. The predicted molar refractivity (Wildman–Crippen MR) is 56.5 cm³/mol. The fraction of sp³-hybridized carbons (Fsp3) is 0.636. The van der Waals surface area contributed by atoms with Crippen molar-refractivity contribution in [2.24, 2.45) is 5.92 Å². The molecule has 1 atom stereocenters. The minimum atomic E-state index is 0.0481. The number of hydrogen-bond acceptors (Lipinski definition) is 4. The molecule has 0 aromatic carbocycles. The molecular weight excluding hydrogens is 208 g/mol. The molecule has 1 unspecified atom stereocenters. The molecule has 2 heterocycles. The average molecular weight is 224 g/mol. The molecule has 1 amide bonds. The maximum absolute atomic E-state index is 11.6. The smallest absolute Gasteiger partial charge is 0.220 e. The second-order valence-electron chi connectivity index (χ2n) is 4.04. The maximum atomic E-state index is 11.6. The van der Waals surface area contributed by atoms with Crippen LogP contribution in [-0.4, -0.2) is 24.3 Å². The summed E-state index contributed by atoms with van der Waals surface area (Å²) in [5.74, 6) is 1.09. The van der Waals surface area contributed by atoms with Crippen molar-refractivity contribution < 1.29 is 14.1 Å². The van der Waals surface area contributed by atoms with E-state index in [9.17, 15) is 4.79 Å². The molecule has 1 aromatic heterocycles. The van der Waals surface area contributed by atoms with Crippen LogP contribution in [0.5, 0.6) is 0 Å². The van der Waals surface area contributed by atoms with Crippen molar-refractivity contribution in [2.45, 2.75) is 25.8 Å². The number of carbonyl (C=O) groups excluding carboxylic acids is 1. The molecule has 1 aliphatic heterocycles. The number of nitrogens with zero attached hydrogens (tertiary/aromatic N) is 1. The molecule has 0 bridgehead atoms. The summed E-state index contributed by atoms with van der Waals surface area (Å²) < 4.78 is 10.2. The molecule has 5 nitrogen and oxygen atoms in total. The lowest BCUT2D eigenvalue weighted by Crippen LogP contribution is -2.28. The van der Waals surface area contributed by atoms with E-state index in [1.54, 1.807) is 12.3 Å². The van der Waals surface area contributed by atoms with Gasteiger partial charge in [-0.25, -0.2) is 0 Å². The van der Waals surface area contributed by atoms with E-state index >= 15 is 0 Å². The van der Waals surface area contributed by atoms with Gasteiger partial charge in [0, 0.05) is 25.7 Å². The summed E-state index contributed by atoms with van der Waals surface area (Å²) in [5, 5.41) is 6.37. The van der Waals surface area contributed by atoms with Gasteiger partial charge in [-0.2, -0.15) is 0 Å². The van der Waals surface area contributed by atoms with Crippen LogP contribution in [-0.2, 0) is 16.1 Å². The zero-order valence-electron chi connectivity index (χ0n) is 9.15. The number of nitrogens with one attached hydrogen (secondary N) is 1. The third-order valence-corrected chi connectivity index (χ3v) is 2.68. The molecule has 1 aliphatic rings. The Labute approximate surface area is 94.1 Å². The highest BCUT2D eigenvalue weighted by Crippen LogP contribution is 2.16. The molecule has 0 radical (unpaired) electrons. The third kappa shape index (κ3) is 3.34. The summed E-state index contributed by atoms with van der Waals surface area (Å²) in [4.78, 5) is 11.6. The molecule has 1 N–H and O–H groups in total. The monoisotopic (exact) mass is 224 g/mol. The van der Waals surface area contributed by atoms with Crippen molar-refractivity contribution in [2.75, 3.05) is 13.2 Å². The maximum Gasteiger partial charge on any atom is 0.220 e. The van der Waals surface area contributed by atoms with Crippen molar-refractivity contribution in [3.8, 4) is 0 Å². The van der Waals surface area contributed by atoms with Crippen LogP contribution in [0.4, 0.5) is 0 Å². The van der Waals surface area contributed by atoms with Crippen LogP contribution in [0, 0.1) is 5.92 Å². The molecule has 16 heavy (non-hydrogen) atoms. The molecule has 1 saturated heterocycles.